The molecule has 0 bridgehead atoms. The van der Waals surface area contributed by atoms with Crippen LogP contribution < -0.4 is 5.56 Å². The number of carbonyl (C=O) groups is 1. The number of rotatable bonds is 5. The van der Waals surface area contributed by atoms with Crippen molar-refractivity contribution in [2.75, 3.05) is 0 Å². The number of hydrogen-bond donors (Lipinski definition) is 0. The number of aromatic nitrogens is 1. The van der Waals surface area contributed by atoms with Crippen LogP contribution in [0.3, 0.4) is 0 Å². The summed E-state index contributed by atoms with van der Waals surface area (Å²) in [5, 5.41) is 18.6. The molecule has 1 saturated carbocycles. The highest BCUT2D eigenvalue weighted by atomic mass is 35.5. The molecule has 8 nitrogen and oxygen atoms in total. The van der Waals surface area contributed by atoms with Gasteiger partial charge in [0, 0.05) is 28.1 Å². The van der Waals surface area contributed by atoms with Crippen LogP contribution in [-0.2, 0) is 11.3 Å². The van der Waals surface area contributed by atoms with Gasteiger partial charge >= 0.3 is 0 Å². The third-order valence-corrected chi connectivity index (χ3v) is 7.17. The van der Waals surface area contributed by atoms with Gasteiger partial charge in [0.2, 0.25) is 0 Å². The lowest BCUT2D eigenvalue weighted by Gasteiger charge is -2.29. The number of fused-ring (bicyclic) bond motifs is 1. The Labute approximate surface area is 222 Å². The van der Waals surface area contributed by atoms with Gasteiger partial charge in [0.1, 0.15) is 6.54 Å². The Morgan fingerprint density at radius 2 is 1.73 bits per heavy atom. The lowest BCUT2D eigenvalue weighted by atomic mass is 9.77. The van der Waals surface area contributed by atoms with Gasteiger partial charge in [0.15, 0.2) is 0 Å². The Bertz CT molecular complexity index is 1480. The predicted molar refractivity (Wildman–Crippen MR) is 143 cm³/mol. The fourth-order valence-corrected chi connectivity index (χ4v) is 5.18. The third-order valence-electron chi connectivity index (χ3n) is 6.66. The summed E-state index contributed by atoms with van der Waals surface area (Å²) >= 11 is 12.2. The first-order valence-electron chi connectivity index (χ1n) is 11.8. The van der Waals surface area contributed by atoms with Crippen molar-refractivity contribution in [3.8, 4) is 0 Å². The van der Waals surface area contributed by atoms with Crippen molar-refractivity contribution in [3.63, 3.8) is 0 Å². The SMILES string of the molecule is O=C(Cn1cc([N+](=O)[O-])ccc1=O)N1N=C2/C(=C/c3ccc(Cl)cc3)CCC[C@@H]2[C@@H]1c1ccc(Cl)cc1. The summed E-state index contributed by atoms with van der Waals surface area (Å²) in [5.41, 5.74) is 2.96. The number of halogens is 2. The average Bonchev–Trinajstić information content (AvgIpc) is 3.28. The van der Waals surface area contributed by atoms with Gasteiger partial charge in [-0.15, -0.1) is 0 Å². The maximum absolute atomic E-state index is 13.6. The van der Waals surface area contributed by atoms with Crippen LogP contribution in [0.1, 0.15) is 36.4 Å². The van der Waals surface area contributed by atoms with Crippen LogP contribution in [0.4, 0.5) is 5.69 Å². The first kappa shape index (κ1) is 24.9. The molecule has 0 spiro atoms. The number of nitro groups is 1. The van der Waals surface area contributed by atoms with Crippen LogP contribution in [0.5, 0.6) is 0 Å². The monoisotopic (exact) mass is 536 g/mol. The van der Waals surface area contributed by atoms with E-state index in [1.807, 2.05) is 36.4 Å². The van der Waals surface area contributed by atoms with Gasteiger partial charge in [-0.05, 0) is 66.3 Å². The van der Waals surface area contributed by atoms with E-state index in [1.165, 1.54) is 5.01 Å². The largest absolute Gasteiger partial charge is 0.299 e. The van der Waals surface area contributed by atoms with Gasteiger partial charge in [0.05, 0.1) is 22.9 Å². The van der Waals surface area contributed by atoms with Crippen molar-refractivity contribution in [2.24, 2.45) is 11.0 Å². The number of hydrogen-bond acceptors (Lipinski definition) is 5. The Hall–Kier alpha value is -3.75. The van der Waals surface area contributed by atoms with Gasteiger partial charge in [-0.3, -0.25) is 24.3 Å². The molecule has 2 aliphatic rings. The molecule has 1 aromatic heterocycles. The van der Waals surface area contributed by atoms with E-state index in [2.05, 4.69) is 6.08 Å². The van der Waals surface area contributed by atoms with E-state index in [0.29, 0.717) is 10.0 Å². The van der Waals surface area contributed by atoms with E-state index in [-0.39, 0.29) is 24.2 Å². The molecule has 0 saturated heterocycles. The second-order valence-electron chi connectivity index (χ2n) is 9.05. The first-order valence-corrected chi connectivity index (χ1v) is 12.5. The Morgan fingerprint density at radius 1 is 1.05 bits per heavy atom. The zero-order valence-electron chi connectivity index (χ0n) is 19.6. The summed E-state index contributed by atoms with van der Waals surface area (Å²) < 4.78 is 1.05. The summed E-state index contributed by atoms with van der Waals surface area (Å²) in [7, 11) is 0. The molecule has 5 rings (SSSR count). The van der Waals surface area contributed by atoms with E-state index in [4.69, 9.17) is 28.3 Å². The highest BCUT2D eigenvalue weighted by Crippen LogP contribution is 2.44. The van der Waals surface area contributed by atoms with E-state index in [9.17, 15) is 19.7 Å². The minimum absolute atomic E-state index is 0.0424. The molecule has 0 unspecified atom stereocenters. The third kappa shape index (κ3) is 5.21. The number of hydrazone groups is 1. The second-order valence-corrected chi connectivity index (χ2v) is 9.92. The zero-order chi connectivity index (χ0) is 26.1. The molecule has 37 heavy (non-hydrogen) atoms. The molecule has 1 fully saturated rings. The molecule has 1 aliphatic heterocycles. The smallest absolute Gasteiger partial charge is 0.285 e. The maximum atomic E-state index is 13.6. The van der Waals surface area contributed by atoms with Gasteiger partial charge in [-0.2, -0.15) is 5.10 Å². The van der Waals surface area contributed by atoms with Crippen molar-refractivity contribution in [2.45, 2.75) is 31.8 Å². The minimum Gasteiger partial charge on any atom is -0.299 e. The number of nitrogens with zero attached hydrogens (tertiary/aromatic N) is 4. The maximum Gasteiger partial charge on any atom is 0.285 e. The fourth-order valence-electron chi connectivity index (χ4n) is 4.93. The van der Waals surface area contributed by atoms with Crippen molar-refractivity contribution >= 4 is 46.6 Å². The molecule has 10 heteroatoms. The minimum atomic E-state index is -0.602. The van der Waals surface area contributed by atoms with E-state index in [1.54, 1.807) is 12.1 Å². The quantitative estimate of drug-likeness (QED) is 0.300. The molecule has 188 valence electrons. The lowest BCUT2D eigenvalue weighted by Crippen LogP contribution is -2.35. The van der Waals surface area contributed by atoms with Crippen LogP contribution in [0, 0.1) is 16.0 Å². The van der Waals surface area contributed by atoms with Gasteiger partial charge in [-0.25, -0.2) is 5.01 Å². The fraction of sp³-hybridized carbons (Fsp3) is 0.222. The van der Waals surface area contributed by atoms with E-state index >= 15 is 0 Å². The van der Waals surface area contributed by atoms with Crippen LogP contribution in [0.2, 0.25) is 10.0 Å². The highest BCUT2D eigenvalue weighted by molar-refractivity contribution is 6.30. The van der Waals surface area contributed by atoms with Crippen LogP contribution in [0.15, 0.2) is 82.3 Å². The van der Waals surface area contributed by atoms with Crippen LogP contribution in [-0.4, -0.2) is 26.1 Å². The van der Waals surface area contributed by atoms with Crippen molar-refractivity contribution < 1.29 is 9.72 Å². The summed E-state index contributed by atoms with van der Waals surface area (Å²) in [5.74, 6) is -0.477. The Morgan fingerprint density at radius 3 is 2.41 bits per heavy atom. The zero-order valence-corrected chi connectivity index (χ0v) is 21.1. The molecule has 2 aromatic carbocycles. The first-order chi connectivity index (χ1) is 17.8. The van der Waals surface area contributed by atoms with Gasteiger partial charge < -0.3 is 0 Å². The van der Waals surface area contributed by atoms with E-state index in [0.717, 1.165) is 64.6 Å². The molecule has 0 radical (unpaired) electrons. The Balaban J connectivity index is 1.53. The molecule has 2 atom stereocenters. The highest BCUT2D eigenvalue weighted by Gasteiger charge is 2.43. The van der Waals surface area contributed by atoms with Gasteiger partial charge in [-0.1, -0.05) is 47.5 Å². The van der Waals surface area contributed by atoms with Gasteiger partial charge in [0.25, 0.3) is 17.2 Å². The lowest BCUT2D eigenvalue weighted by molar-refractivity contribution is -0.385. The molecule has 1 aliphatic carbocycles. The Kier molecular flexibility index (Phi) is 6.95. The number of carbonyl (C=O) groups excluding carboxylic acids is 1. The number of benzene rings is 2. The van der Waals surface area contributed by atoms with Crippen molar-refractivity contribution in [1.82, 2.24) is 9.58 Å². The normalized spacial score (nSPS) is 20.0. The number of allylic oxidation sites excluding steroid dienone is 1. The van der Waals surface area contributed by atoms with Crippen molar-refractivity contribution in [1.29, 1.82) is 0 Å². The topological polar surface area (TPSA) is 97.8 Å². The number of pyridine rings is 1. The van der Waals surface area contributed by atoms with Crippen LogP contribution in [0.25, 0.3) is 6.08 Å². The molecule has 2 heterocycles. The standard InChI is InChI=1S/C27H22Cl2N4O4/c28-20-8-4-17(5-9-20)14-19-2-1-3-23-26(19)30-32(27(23)18-6-10-21(29)11-7-18)25(35)16-31-15-22(33(36)37)12-13-24(31)34/h4-15,23,27H,1-3,16H2/b19-14+/t23-,27-/m0/s1. The molecular weight excluding hydrogens is 515 g/mol. The van der Waals surface area contributed by atoms with E-state index < -0.39 is 16.4 Å². The summed E-state index contributed by atoms with van der Waals surface area (Å²) in [4.78, 5) is 36.5. The molecule has 1 amide bonds. The molecular formula is C27H22Cl2N4O4. The predicted octanol–water partition coefficient (Wildman–Crippen LogP) is 5.89. The summed E-state index contributed by atoms with van der Waals surface area (Å²) in [6, 6.07) is 16.6. The van der Waals surface area contributed by atoms with Crippen LogP contribution >= 0.6 is 23.2 Å². The van der Waals surface area contributed by atoms with Crippen molar-refractivity contribution in [3.05, 3.63) is 114 Å². The number of amides is 1. The second kappa shape index (κ2) is 10.3. The molecule has 3 aromatic rings. The summed E-state index contributed by atoms with van der Waals surface area (Å²) in [6.07, 6.45) is 5.74. The summed E-state index contributed by atoms with van der Waals surface area (Å²) in [6.45, 7) is -0.371. The average molecular weight is 537 g/mol. The molecule has 0 N–H and O–H groups in total.